The van der Waals surface area contributed by atoms with Crippen molar-refractivity contribution in [3.63, 3.8) is 0 Å². The summed E-state index contributed by atoms with van der Waals surface area (Å²) in [5.41, 5.74) is 0.737. The highest BCUT2D eigenvalue weighted by Crippen LogP contribution is 2.34. The number of ether oxygens (including phenoxy) is 1. The second kappa shape index (κ2) is 6.32. The number of anilines is 1. The van der Waals surface area contributed by atoms with E-state index in [1.807, 2.05) is 0 Å². The van der Waals surface area contributed by atoms with E-state index in [4.69, 9.17) is 4.74 Å². The minimum Gasteiger partial charge on any atom is -0.394 e. The van der Waals surface area contributed by atoms with E-state index in [2.05, 4.69) is 20.2 Å². The number of aliphatic imine (C=N–C) groups is 1. The zero-order valence-corrected chi connectivity index (χ0v) is 13.4. The van der Waals surface area contributed by atoms with Crippen LogP contribution in [0, 0.1) is 0 Å². The van der Waals surface area contributed by atoms with Gasteiger partial charge in [0.15, 0.2) is 12.1 Å². The van der Waals surface area contributed by atoms with Crippen molar-refractivity contribution in [2.45, 2.75) is 43.8 Å². The molecule has 132 valence electrons. The summed E-state index contributed by atoms with van der Waals surface area (Å²) in [6.07, 6.45) is 1.28. The van der Waals surface area contributed by atoms with Crippen molar-refractivity contribution in [1.29, 1.82) is 0 Å². The Bertz CT molecular complexity index is 627. The number of hydrogen-bond acceptors (Lipinski definition) is 8. The molecule has 0 spiro atoms. The number of likely N-dealkylation sites (tertiary alicyclic amines) is 1. The quantitative estimate of drug-likeness (QED) is 0.553. The molecule has 4 unspecified atom stereocenters. The highest BCUT2D eigenvalue weighted by Gasteiger charge is 2.44. The number of rotatable bonds is 2. The molecule has 3 aliphatic rings. The third-order valence-corrected chi connectivity index (χ3v) is 4.93. The summed E-state index contributed by atoms with van der Waals surface area (Å²) < 4.78 is 7.28. The molecule has 0 saturated carbocycles. The van der Waals surface area contributed by atoms with Crippen molar-refractivity contribution in [1.82, 2.24) is 14.5 Å². The first-order chi connectivity index (χ1) is 11.7. The van der Waals surface area contributed by atoms with Gasteiger partial charge in [-0.25, -0.2) is 9.98 Å². The number of nitrogens with one attached hydrogen (secondary N) is 1. The minimum absolute atomic E-state index is 0.348. The third kappa shape index (κ3) is 2.48. The summed E-state index contributed by atoms with van der Waals surface area (Å²) in [4.78, 5) is 11.3. The highest BCUT2D eigenvalue weighted by atomic mass is 16.6. The number of amidine groups is 1. The smallest absolute Gasteiger partial charge is 0.165 e. The molecule has 4 atom stereocenters. The first-order valence-corrected chi connectivity index (χ1v) is 8.43. The van der Waals surface area contributed by atoms with Gasteiger partial charge in [0, 0.05) is 13.1 Å². The van der Waals surface area contributed by atoms with E-state index in [0.717, 1.165) is 43.3 Å². The summed E-state index contributed by atoms with van der Waals surface area (Å²) in [6, 6.07) is 0. The molecule has 1 aromatic rings. The maximum atomic E-state index is 10.2. The number of piperidine rings is 1. The lowest BCUT2D eigenvalue weighted by Gasteiger charge is -2.31. The first-order valence-electron chi connectivity index (χ1n) is 8.43. The van der Waals surface area contributed by atoms with Crippen molar-refractivity contribution in [2.24, 2.45) is 4.99 Å². The van der Waals surface area contributed by atoms with Gasteiger partial charge in [0.05, 0.1) is 12.9 Å². The zero-order valence-electron chi connectivity index (χ0n) is 13.4. The molecule has 2 saturated heterocycles. The van der Waals surface area contributed by atoms with E-state index in [0.29, 0.717) is 6.67 Å². The van der Waals surface area contributed by atoms with Gasteiger partial charge in [-0.3, -0.25) is 4.57 Å². The first kappa shape index (κ1) is 15.8. The fourth-order valence-electron chi connectivity index (χ4n) is 3.62. The van der Waals surface area contributed by atoms with Crippen molar-refractivity contribution in [3.05, 3.63) is 12.0 Å². The van der Waals surface area contributed by atoms with Crippen LogP contribution in [0.1, 0.15) is 31.2 Å². The van der Waals surface area contributed by atoms with Crippen LogP contribution in [0.4, 0.5) is 5.82 Å². The van der Waals surface area contributed by atoms with Crippen LogP contribution in [-0.4, -0.2) is 80.3 Å². The van der Waals surface area contributed by atoms with Crippen molar-refractivity contribution < 1.29 is 20.1 Å². The largest absolute Gasteiger partial charge is 0.394 e. The number of hydrogen-bond donors (Lipinski definition) is 4. The molecule has 0 amide bonds. The zero-order chi connectivity index (χ0) is 16.7. The van der Waals surface area contributed by atoms with Gasteiger partial charge in [-0.05, 0) is 19.3 Å². The van der Waals surface area contributed by atoms with Crippen LogP contribution in [-0.2, 0) is 4.74 Å². The molecule has 0 aliphatic carbocycles. The Morgan fingerprint density at radius 1 is 1.21 bits per heavy atom. The van der Waals surface area contributed by atoms with E-state index >= 15 is 0 Å². The van der Waals surface area contributed by atoms with E-state index in [1.165, 1.54) is 6.42 Å². The molecule has 4 N–H and O–H groups in total. The molecule has 4 rings (SSSR count). The summed E-state index contributed by atoms with van der Waals surface area (Å²) in [6.45, 7) is 2.02. The van der Waals surface area contributed by atoms with E-state index < -0.39 is 24.5 Å². The molecular formula is C15H23N5O4. The fourth-order valence-corrected chi connectivity index (χ4v) is 3.62. The molecule has 2 fully saturated rings. The Kier molecular flexibility index (Phi) is 4.17. The number of aromatic nitrogens is 2. The Hall–Kier alpha value is -1.68. The Morgan fingerprint density at radius 2 is 2.00 bits per heavy atom. The van der Waals surface area contributed by atoms with Crippen molar-refractivity contribution >= 4 is 11.7 Å². The van der Waals surface area contributed by atoms with Gasteiger partial charge in [-0.15, -0.1) is 0 Å². The highest BCUT2D eigenvalue weighted by molar-refractivity contribution is 6.02. The lowest BCUT2D eigenvalue weighted by Crippen LogP contribution is -2.39. The Labute approximate surface area is 139 Å². The van der Waals surface area contributed by atoms with Gasteiger partial charge in [0.1, 0.15) is 36.5 Å². The van der Waals surface area contributed by atoms with Crippen LogP contribution in [0.25, 0.3) is 0 Å². The molecule has 24 heavy (non-hydrogen) atoms. The van der Waals surface area contributed by atoms with E-state index in [1.54, 1.807) is 10.9 Å². The fraction of sp³-hybridized carbons (Fsp3) is 0.733. The lowest BCUT2D eigenvalue weighted by molar-refractivity contribution is -0.0518. The lowest BCUT2D eigenvalue weighted by atomic mass is 10.1. The second-order valence-electron chi connectivity index (χ2n) is 6.44. The molecule has 0 bridgehead atoms. The number of nitrogens with zero attached hydrogens (tertiary/aromatic N) is 4. The normalized spacial score (nSPS) is 33.1. The van der Waals surface area contributed by atoms with Gasteiger partial charge in [0.25, 0.3) is 0 Å². The van der Waals surface area contributed by atoms with E-state index in [9.17, 15) is 15.3 Å². The summed E-state index contributed by atoms with van der Waals surface area (Å²) in [5.74, 6) is 1.59. The van der Waals surface area contributed by atoms with Crippen LogP contribution in [0.2, 0.25) is 0 Å². The SMILES string of the molecule is OCC1OC(n2cnc3c2NCN=C3N2CCCCC2)C(O)C1O. The monoisotopic (exact) mass is 337 g/mol. The van der Waals surface area contributed by atoms with Crippen LogP contribution < -0.4 is 5.32 Å². The molecule has 1 aromatic heterocycles. The molecule has 9 nitrogen and oxygen atoms in total. The van der Waals surface area contributed by atoms with Crippen LogP contribution in [0.5, 0.6) is 0 Å². The number of aliphatic hydroxyl groups excluding tert-OH is 3. The standard InChI is InChI=1S/C15H23N5O4/c21-6-9-11(22)12(23)15(24-9)20-8-18-10-13(16-7-17-14(10)20)19-4-2-1-3-5-19/h8-9,11-12,15,17,21-23H,1-7H2. The molecule has 9 heteroatoms. The van der Waals surface area contributed by atoms with E-state index in [-0.39, 0.29) is 6.61 Å². The maximum Gasteiger partial charge on any atom is 0.165 e. The van der Waals surface area contributed by atoms with Crippen molar-refractivity contribution in [2.75, 3.05) is 31.7 Å². The Balaban J connectivity index is 1.62. The van der Waals surface area contributed by atoms with Crippen LogP contribution >= 0.6 is 0 Å². The number of fused-ring (bicyclic) bond motifs is 1. The summed E-state index contributed by atoms with van der Waals surface area (Å²) in [5, 5.41) is 32.6. The van der Waals surface area contributed by atoms with Gasteiger partial charge in [0.2, 0.25) is 0 Å². The van der Waals surface area contributed by atoms with Crippen LogP contribution in [0.15, 0.2) is 11.3 Å². The number of imidazole rings is 1. The van der Waals surface area contributed by atoms with Crippen LogP contribution in [0.3, 0.4) is 0 Å². The molecule has 0 radical (unpaired) electrons. The van der Waals surface area contributed by atoms with Gasteiger partial charge in [-0.1, -0.05) is 0 Å². The molecule has 0 aromatic carbocycles. The predicted octanol–water partition coefficient (Wildman–Crippen LogP) is -0.890. The maximum absolute atomic E-state index is 10.2. The van der Waals surface area contributed by atoms with Gasteiger partial charge < -0.3 is 30.3 Å². The minimum atomic E-state index is -1.13. The van der Waals surface area contributed by atoms with Crippen molar-refractivity contribution in [3.8, 4) is 0 Å². The topological polar surface area (TPSA) is 115 Å². The Morgan fingerprint density at radius 3 is 2.71 bits per heavy atom. The summed E-state index contributed by atoms with van der Waals surface area (Å²) in [7, 11) is 0. The van der Waals surface area contributed by atoms with Gasteiger partial charge in [-0.2, -0.15) is 0 Å². The average molecular weight is 337 g/mol. The van der Waals surface area contributed by atoms with Gasteiger partial charge >= 0.3 is 0 Å². The molecular weight excluding hydrogens is 314 g/mol. The molecule has 3 aliphatic heterocycles. The summed E-state index contributed by atoms with van der Waals surface area (Å²) >= 11 is 0. The molecule has 4 heterocycles. The number of aliphatic hydroxyl groups is 3. The average Bonchev–Trinajstić information content (AvgIpc) is 3.17. The second-order valence-corrected chi connectivity index (χ2v) is 6.44. The third-order valence-electron chi connectivity index (χ3n) is 4.93. The predicted molar refractivity (Wildman–Crippen MR) is 85.7 cm³/mol.